The number of hydrogen-bond acceptors (Lipinski definition) is 6. The number of carbonyl (C=O) groups excluding carboxylic acids is 2. The molecule has 12 heteroatoms. The molecule has 1 saturated carbocycles. The van der Waals surface area contributed by atoms with Crippen molar-refractivity contribution in [1.29, 1.82) is 0 Å². The fourth-order valence-corrected chi connectivity index (χ4v) is 7.22. The fourth-order valence-electron chi connectivity index (χ4n) is 5.47. The standard InChI is InChI=1S/C33H39Cl2N3O6S/c1-5-29(33(40)36-24-8-6-7-9-24)37(20-23-12-16-27(34)28(35)18-23)32(39)21-38(25-13-10-22(2)11-14-25)45(41,42)26-15-17-30(43-3)31(19-26)44-4/h10-19,24,29H,5-9,20-21H2,1-4H3,(H,36,40)/t29-/m1/s1. The highest BCUT2D eigenvalue weighted by Gasteiger charge is 2.35. The van der Waals surface area contributed by atoms with Crippen LogP contribution in [0.25, 0.3) is 0 Å². The average molecular weight is 677 g/mol. The first-order valence-electron chi connectivity index (χ1n) is 14.8. The van der Waals surface area contributed by atoms with Crippen LogP contribution in [0.5, 0.6) is 11.5 Å². The molecule has 1 fully saturated rings. The van der Waals surface area contributed by atoms with Gasteiger partial charge in [-0.15, -0.1) is 0 Å². The van der Waals surface area contributed by atoms with E-state index in [0.29, 0.717) is 33.5 Å². The van der Waals surface area contributed by atoms with Gasteiger partial charge in [0.2, 0.25) is 11.8 Å². The lowest BCUT2D eigenvalue weighted by atomic mass is 10.1. The van der Waals surface area contributed by atoms with E-state index in [0.717, 1.165) is 35.6 Å². The van der Waals surface area contributed by atoms with E-state index >= 15 is 0 Å². The lowest BCUT2D eigenvalue weighted by molar-refractivity contribution is -0.140. The molecule has 3 aromatic carbocycles. The van der Waals surface area contributed by atoms with Crippen molar-refractivity contribution < 1.29 is 27.5 Å². The summed E-state index contributed by atoms with van der Waals surface area (Å²) in [4.78, 5) is 29.3. The Hall–Kier alpha value is -3.47. The molecule has 0 unspecified atom stereocenters. The molecule has 0 heterocycles. The summed E-state index contributed by atoms with van der Waals surface area (Å²) < 4.78 is 40.2. The van der Waals surface area contributed by atoms with Crippen LogP contribution in [0.3, 0.4) is 0 Å². The molecule has 0 aliphatic heterocycles. The number of anilines is 1. The molecule has 0 saturated heterocycles. The number of amides is 2. The highest BCUT2D eigenvalue weighted by molar-refractivity contribution is 7.92. The Morgan fingerprint density at radius 2 is 1.60 bits per heavy atom. The van der Waals surface area contributed by atoms with Crippen LogP contribution in [0, 0.1) is 6.92 Å². The van der Waals surface area contributed by atoms with Gasteiger partial charge in [0.15, 0.2) is 11.5 Å². The first kappa shape index (κ1) is 34.4. The van der Waals surface area contributed by atoms with Crippen LogP contribution in [0.2, 0.25) is 10.0 Å². The number of sulfonamides is 1. The molecule has 0 radical (unpaired) electrons. The molecular formula is C33H39Cl2N3O6S. The molecule has 3 aromatic rings. The van der Waals surface area contributed by atoms with Crippen LogP contribution in [0.15, 0.2) is 65.6 Å². The smallest absolute Gasteiger partial charge is 0.264 e. The second-order valence-corrected chi connectivity index (χ2v) is 13.7. The van der Waals surface area contributed by atoms with Gasteiger partial charge in [0.1, 0.15) is 12.6 Å². The maximum absolute atomic E-state index is 14.3. The number of carbonyl (C=O) groups is 2. The van der Waals surface area contributed by atoms with Crippen molar-refractivity contribution in [2.24, 2.45) is 0 Å². The molecule has 242 valence electrons. The van der Waals surface area contributed by atoms with E-state index in [2.05, 4.69) is 5.32 Å². The first-order chi connectivity index (χ1) is 21.5. The van der Waals surface area contributed by atoms with Gasteiger partial charge in [0, 0.05) is 18.7 Å². The van der Waals surface area contributed by atoms with E-state index in [1.54, 1.807) is 42.5 Å². The summed E-state index contributed by atoms with van der Waals surface area (Å²) in [6.45, 7) is 3.17. The Labute approximate surface area is 275 Å². The van der Waals surface area contributed by atoms with Crippen LogP contribution in [0.1, 0.15) is 50.2 Å². The highest BCUT2D eigenvalue weighted by Crippen LogP contribution is 2.33. The SMILES string of the molecule is CC[C@H](C(=O)NC1CCCC1)N(Cc1ccc(Cl)c(Cl)c1)C(=O)CN(c1ccc(C)cc1)S(=O)(=O)c1ccc(OC)c(OC)c1. The molecule has 1 aliphatic carbocycles. The van der Waals surface area contributed by atoms with Gasteiger partial charge in [0.05, 0.1) is 34.8 Å². The Balaban J connectivity index is 1.75. The molecule has 1 atom stereocenters. The molecule has 0 bridgehead atoms. The summed E-state index contributed by atoms with van der Waals surface area (Å²) in [7, 11) is -1.43. The Morgan fingerprint density at radius 1 is 0.933 bits per heavy atom. The van der Waals surface area contributed by atoms with Crippen LogP contribution in [0.4, 0.5) is 5.69 Å². The zero-order valence-electron chi connectivity index (χ0n) is 25.9. The predicted octanol–water partition coefficient (Wildman–Crippen LogP) is 6.38. The van der Waals surface area contributed by atoms with Crippen molar-refractivity contribution in [2.75, 3.05) is 25.1 Å². The Kier molecular flexibility index (Phi) is 11.6. The van der Waals surface area contributed by atoms with Gasteiger partial charge in [-0.1, -0.05) is 66.7 Å². The summed E-state index contributed by atoms with van der Waals surface area (Å²) in [5.74, 6) is -0.243. The number of nitrogens with one attached hydrogen (secondary N) is 1. The van der Waals surface area contributed by atoms with Gasteiger partial charge in [-0.3, -0.25) is 13.9 Å². The minimum Gasteiger partial charge on any atom is -0.493 e. The highest BCUT2D eigenvalue weighted by atomic mass is 35.5. The van der Waals surface area contributed by atoms with E-state index in [1.165, 1.54) is 37.3 Å². The van der Waals surface area contributed by atoms with Gasteiger partial charge in [0.25, 0.3) is 10.0 Å². The molecular weight excluding hydrogens is 637 g/mol. The second-order valence-electron chi connectivity index (χ2n) is 11.0. The molecule has 4 rings (SSSR count). The van der Waals surface area contributed by atoms with Gasteiger partial charge in [-0.2, -0.15) is 0 Å². The number of nitrogens with zero attached hydrogens (tertiary/aromatic N) is 2. The molecule has 45 heavy (non-hydrogen) atoms. The van der Waals surface area contributed by atoms with E-state index in [1.807, 2.05) is 13.8 Å². The van der Waals surface area contributed by atoms with Gasteiger partial charge in [-0.25, -0.2) is 8.42 Å². The monoisotopic (exact) mass is 675 g/mol. The van der Waals surface area contributed by atoms with E-state index in [4.69, 9.17) is 32.7 Å². The number of rotatable bonds is 13. The van der Waals surface area contributed by atoms with Crippen molar-refractivity contribution in [2.45, 2.75) is 69.5 Å². The number of ether oxygens (including phenoxy) is 2. The van der Waals surface area contributed by atoms with E-state index < -0.39 is 28.5 Å². The fraction of sp³-hybridized carbons (Fsp3) is 0.394. The van der Waals surface area contributed by atoms with E-state index in [9.17, 15) is 18.0 Å². The maximum Gasteiger partial charge on any atom is 0.264 e. The normalized spacial score (nSPS) is 14.1. The summed E-state index contributed by atoms with van der Waals surface area (Å²) in [6, 6.07) is 15.3. The van der Waals surface area contributed by atoms with Gasteiger partial charge in [-0.05, 0) is 68.1 Å². The molecule has 1 aliphatic rings. The van der Waals surface area contributed by atoms with Crippen molar-refractivity contribution in [1.82, 2.24) is 10.2 Å². The Morgan fingerprint density at radius 3 is 2.20 bits per heavy atom. The van der Waals surface area contributed by atoms with Crippen molar-refractivity contribution in [3.8, 4) is 11.5 Å². The maximum atomic E-state index is 14.3. The lowest BCUT2D eigenvalue weighted by Gasteiger charge is -2.34. The predicted molar refractivity (Wildman–Crippen MR) is 177 cm³/mol. The number of hydrogen-bond donors (Lipinski definition) is 1. The number of aryl methyl sites for hydroxylation is 1. The van der Waals surface area contributed by atoms with E-state index in [-0.39, 0.29) is 29.1 Å². The number of methoxy groups -OCH3 is 2. The first-order valence-corrected chi connectivity index (χ1v) is 17.0. The van der Waals surface area contributed by atoms with Crippen LogP contribution >= 0.6 is 23.2 Å². The average Bonchev–Trinajstić information content (AvgIpc) is 3.54. The van der Waals surface area contributed by atoms with Crippen LogP contribution < -0.4 is 19.1 Å². The summed E-state index contributed by atoms with van der Waals surface area (Å²) in [6.07, 6.45) is 4.15. The largest absolute Gasteiger partial charge is 0.493 e. The molecule has 1 N–H and O–H groups in total. The minimum absolute atomic E-state index is 0.0183. The summed E-state index contributed by atoms with van der Waals surface area (Å²) in [5.41, 5.74) is 1.86. The number of halogens is 2. The topological polar surface area (TPSA) is 105 Å². The quantitative estimate of drug-likeness (QED) is 0.225. The van der Waals surface area contributed by atoms with Crippen LogP contribution in [-0.4, -0.2) is 58.0 Å². The molecule has 9 nitrogen and oxygen atoms in total. The van der Waals surface area contributed by atoms with Crippen molar-refractivity contribution in [3.05, 3.63) is 81.8 Å². The third-order valence-electron chi connectivity index (χ3n) is 7.97. The lowest BCUT2D eigenvalue weighted by Crippen LogP contribution is -2.53. The third-order valence-corrected chi connectivity index (χ3v) is 10.5. The zero-order valence-corrected chi connectivity index (χ0v) is 28.2. The zero-order chi connectivity index (χ0) is 32.7. The summed E-state index contributed by atoms with van der Waals surface area (Å²) >= 11 is 12.4. The van der Waals surface area contributed by atoms with Crippen molar-refractivity contribution in [3.63, 3.8) is 0 Å². The molecule has 0 spiro atoms. The molecule has 0 aromatic heterocycles. The van der Waals surface area contributed by atoms with Crippen LogP contribution in [-0.2, 0) is 26.2 Å². The molecule has 2 amide bonds. The minimum atomic E-state index is -4.30. The van der Waals surface area contributed by atoms with Gasteiger partial charge >= 0.3 is 0 Å². The summed E-state index contributed by atoms with van der Waals surface area (Å²) in [5, 5.41) is 3.77. The third kappa shape index (κ3) is 8.23. The number of benzene rings is 3. The van der Waals surface area contributed by atoms with Gasteiger partial charge < -0.3 is 19.7 Å². The van der Waals surface area contributed by atoms with Crippen molar-refractivity contribution >= 4 is 50.7 Å². The second kappa shape index (κ2) is 15.2. The Bertz CT molecular complexity index is 1610.